The average molecular weight is 501 g/mol. The molecule has 1 fully saturated rings. The Hall–Kier alpha value is -2.36. The highest BCUT2D eigenvalue weighted by Crippen LogP contribution is 2.41. The van der Waals surface area contributed by atoms with Gasteiger partial charge in [-0.25, -0.2) is 9.78 Å². The first-order chi connectivity index (χ1) is 14.8. The maximum Gasteiger partial charge on any atom is 0.352 e. The van der Waals surface area contributed by atoms with Crippen molar-refractivity contribution in [1.29, 1.82) is 5.41 Å². The number of nitrogens with one attached hydrogen (secondary N) is 2. The van der Waals surface area contributed by atoms with Gasteiger partial charge in [-0.1, -0.05) is 11.8 Å². The molecule has 0 spiro atoms. The molecule has 4 N–H and O–H groups in total. The van der Waals surface area contributed by atoms with Gasteiger partial charge in [0.2, 0.25) is 10.7 Å². The summed E-state index contributed by atoms with van der Waals surface area (Å²) in [4.78, 5) is 42.3. The van der Waals surface area contributed by atoms with Gasteiger partial charge in [0, 0.05) is 16.9 Å². The SMILES string of the molecule is Cc1nsc(SCC2=C(C(=O)O)N3C(=O)C(NC(=O)Cc4csc(=N)n4O)[C@@H]3SC2)n1. The Labute approximate surface area is 191 Å². The van der Waals surface area contributed by atoms with Crippen LogP contribution < -0.4 is 10.1 Å². The van der Waals surface area contributed by atoms with Crippen LogP contribution in [0.1, 0.15) is 11.5 Å². The summed E-state index contributed by atoms with van der Waals surface area (Å²) in [6.45, 7) is 1.78. The number of carboxylic acids is 1. The van der Waals surface area contributed by atoms with Crippen molar-refractivity contribution in [3.63, 3.8) is 0 Å². The number of carbonyl (C=O) groups excluding carboxylic acids is 2. The highest BCUT2D eigenvalue weighted by molar-refractivity contribution is 8.01. The van der Waals surface area contributed by atoms with Crippen LogP contribution in [0.4, 0.5) is 0 Å². The summed E-state index contributed by atoms with van der Waals surface area (Å²) in [5.41, 5.74) is 0.815. The summed E-state index contributed by atoms with van der Waals surface area (Å²) >= 11 is 4.98. The van der Waals surface area contributed by atoms with Crippen molar-refractivity contribution in [2.45, 2.75) is 29.1 Å². The number of carboxylic acid groups (broad SMARTS) is 1. The zero-order valence-electron chi connectivity index (χ0n) is 15.9. The molecule has 2 atom stereocenters. The lowest BCUT2D eigenvalue weighted by Gasteiger charge is -2.49. The molecule has 0 aliphatic carbocycles. The minimum Gasteiger partial charge on any atom is -0.477 e. The van der Waals surface area contributed by atoms with Crippen LogP contribution in [0.2, 0.25) is 0 Å². The minimum atomic E-state index is -1.19. The van der Waals surface area contributed by atoms with E-state index < -0.39 is 29.2 Å². The van der Waals surface area contributed by atoms with Gasteiger partial charge in [-0.3, -0.25) is 19.9 Å². The summed E-state index contributed by atoms with van der Waals surface area (Å²) < 4.78 is 5.44. The predicted molar refractivity (Wildman–Crippen MR) is 114 cm³/mol. The standard InChI is InChI=1S/C16H16N6O5S4/c1-6-18-16(31-20-6)30-4-7-3-28-13-10(12(24)21(13)11(7)14(25)26)19-9(23)2-8-5-29-15(17)22(8)27/h5,10,13,17,27H,2-4H2,1H3,(H,19,23)(H,25,26)/t10?,13-/m0/s1. The van der Waals surface area contributed by atoms with E-state index in [4.69, 9.17) is 5.41 Å². The molecule has 1 unspecified atom stereocenters. The smallest absolute Gasteiger partial charge is 0.352 e. The van der Waals surface area contributed by atoms with Crippen molar-refractivity contribution in [2.24, 2.45) is 0 Å². The van der Waals surface area contributed by atoms with Crippen molar-refractivity contribution in [1.82, 2.24) is 24.3 Å². The second-order valence-corrected chi connectivity index (χ2v) is 10.6. The van der Waals surface area contributed by atoms with Gasteiger partial charge in [-0.2, -0.15) is 9.10 Å². The van der Waals surface area contributed by atoms with Gasteiger partial charge in [0.1, 0.15) is 22.9 Å². The molecule has 2 aromatic heterocycles. The molecule has 2 aliphatic rings. The lowest BCUT2D eigenvalue weighted by molar-refractivity contribution is -0.150. The molecular formula is C16H16N6O5S4. The summed E-state index contributed by atoms with van der Waals surface area (Å²) in [6.07, 6.45) is -0.197. The number of β-lactam (4-membered cyclic amide) rings is 1. The normalized spacial score (nSPS) is 20.4. The van der Waals surface area contributed by atoms with Crippen LogP contribution in [0, 0.1) is 12.3 Å². The fraction of sp³-hybridized carbons (Fsp3) is 0.375. The first kappa shape index (κ1) is 21.9. The third-order valence-electron chi connectivity index (χ3n) is 4.56. The molecule has 0 radical (unpaired) electrons. The predicted octanol–water partition coefficient (Wildman–Crippen LogP) is 0.500. The Kier molecular flexibility index (Phi) is 6.09. The van der Waals surface area contributed by atoms with E-state index in [1.54, 1.807) is 6.92 Å². The number of amides is 2. The lowest BCUT2D eigenvalue weighted by Crippen LogP contribution is -2.70. The highest BCUT2D eigenvalue weighted by atomic mass is 32.2. The zero-order chi connectivity index (χ0) is 22.3. The number of thiazole rings is 1. The number of aromatic nitrogens is 3. The number of fused-ring (bicyclic) bond motifs is 1. The Morgan fingerprint density at radius 1 is 1.45 bits per heavy atom. The summed E-state index contributed by atoms with van der Waals surface area (Å²) in [5.74, 6) is -0.719. The molecular weight excluding hydrogens is 484 g/mol. The van der Waals surface area contributed by atoms with Crippen LogP contribution in [0.15, 0.2) is 21.0 Å². The van der Waals surface area contributed by atoms with Gasteiger partial charge >= 0.3 is 5.97 Å². The fourth-order valence-corrected chi connectivity index (χ4v) is 6.92. The molecule has 2 amide bonds. The molecule has 0 saturated carbocycles. The van der Waals surface area contributed by atoms with Gasteiger partial charge in [0.15, 0.2) is 4.34 Å². The van der Waals surface area contributed by atoms with E-state index in [0.29, 0.717) is 27.6 Å². The average Bonchev–Trinajstić information content (AvgIpc) is 3.29. The number of hydrogen-bond donors (Lipinski definition) is 4. The maximum atomic E-state index is 12.7. The zero-order valence-corrected chi connectivity index (χ0v) is 19.2. The Balaban J connectivity index is 1.44. The number of hydrogen-bond acceptors (Lipinski definition) is 11. The van der Waals surface area contributed by atoms with Crippen LogP contribution >= 0.6 is 46.4 Å². The molecule has 4 rings (SSSR count). The minimum absolute atomic E-state index is 0.0436. The second-order valence-electron chi connectivity index (χ2n) is 6.63. The number of aliphatic carboxylic acids is 1. The number of rotatable bonds is 7. The van der Waals surface area contributed by atoms with Gasteiger partial charge < -0.3 is 15.6 Å². The van der Waals surface area contributed by atoms with Crippen LogP contribution in [0.5, 0.6) is 0 Å². The van der Waals surface area contributed by atoms with E-state index in [2.05, 4.69) is 14.7 Å². The van der Waals surface area contributed by atoms with Gasteiger partial charge in [-0.15, -0.1) is 23.1 Å². The maximum absolute atomic E-state index is 12.7. The molecule has 31 heavy (non-hydrogen) atoms. The quantitative estimate of drug-likeness (QED) is 0.241. The van der Waals surface area contributed by atoms with Crippen molar-refractivity contribution < 1.29 is 24.7 Å². The summed E-state index contributed by atoms with van der Waals surface area (Å²) in [5, 5.41) is 30.5. The first-order valence-corrected chi connectivity index (χ1v) is 12.5. The number of carbonyl (C=O) groups is 3. The Morgan fingerprint density at radius 3 is 2.84 bits per heavy atom. The van der Waals surface area contributed by atoms with Crippen LogP contribution in [-0.2, 0) is 20.8 Å². The highest BCUT2D eigenvalue weighted by Gasteiger charge is 2.54. The van der Waals surface area contributed by atoms with Crippen molar-refractivity contribution in [3.05, 3.63) is 33.0 Å². The monoisotopic (exact) mass is 500 g/mol. The molecule has 1 saturated heterocycles. The van der Waals surface area contributed by atoms with E-state index in [1.165, 1.54) is 45.3 Å². The third-order valence-corrected chi connectivity index (χ3v) is 8.69. The molecule has 2 aliphatic heterocycles. The van der Waals surface area contributed by atoms with Crippen LogP contribution in [0.3, 0.4) is 0 Å². The topological polar surface area (TPSA) is 162 Å². The number of thioether (sulfide) groups is 2. The number of aryl methyl sites for hydroxylation is 1. The summed E-state index contributed by atoms with van der Waals surface area (Å²) in [6, 6.07) is -0.840. The van der Waals surface area contributed by atoms with E-state index in [1.807, 2.05) is 0 Å². The molecule has 4 heterocycles. The van der Waals surface area contributed by atoms with Crippen molar-refractivity contribution in [3.8, 4) is 0 Å². The fourth-order valence-electron chi connectivity index (χ4n) is 3.14. The molecule has 11 nitrogen and oxygen atoms in total. The second kappa shape index (κ2) is 8.64. The van der Waals surface area contributed by atoms with Gasteiger partial charge in [-0.05, 0) is 24.0 Å². The first-order valence-electron chi connectivity index (χ1n) is 8.82. The van der Waals surface area contributed by atoms with Crippen molar-refractivity contribution >= 4 is 64.2 Å². The van der Waals surface area contributed by atoms with E-state index >= 15 is 0 Å². The van der Waals surface area contributed by atoms with E-state index in [9.17, 15) is 24.7 Å². The van der Waals surface area contributed by atoms with Crippen LogP contribution in [-0.4, -0.2) is 70.0 Å². The van der Waals surface area contributed by atoms with Gasteiger partial charge in [0.25, 0.3) is 5.91 Å². The van der Waals surface area contributed by atoms with Crippen molar-refractivity contribution in [2.75, 3.05) is 11.5 Å². The lowest BCUT2D eigenvalue weighted by atomic mass is 10.0. The van der Waals surface area contributed by atoms with Gasteiger partial charge in [0.05, 0.1) is 12.1 Å². The van der Waals surface area contributed by atoms with E-state index in [-0.39, 0.29) is 22.6 Å². The Morgan fingerprint density at radius 2 is 2.23 bits per heavy atom. The largest absolute Gasteiger partial charge is 0.477 e. The number of nitrogens with zero attached hydrogens (tertiary/aromatic N) is 4. The Bertz CT molecular complexity index is 1150. The summed E-state index contributed by atoms with van der Waals surface area (Å²) in [7, 11) is 0. The molecule has 0 bridgehead atoms. The van der Waals surface area contributed by atoms with E-state index in [0.717, 1.165) is 15.7 Å². The molecule has 15 heteroatoms. The molecule has 2 aromatic rings. The molecule has 164 valence electrons. The third kappa shape index (κ3) is 4.22. The molecule has 0 aromatic carbocycles. The van der Waals surface area contributed by atoms with Crippen LogP contribution in [0.25, 0.3) is 0 Å².